The Morgan fingerprint density at radius 1 is 1.14 bits per heavy atom. The van der Waals surface area contributed by atoms with Gasteiger partial charge in [0.25, 0.3) is 0 Å². The second-order valence-electron chi connectivity index (χ2n) is 4.42. The highest BCUT2D eigenvalue weighted by molar-refractivity contribution is 6.31. The third-order valence-corrected chi connectivity index (χ3v) is 3.40. The van der Waals surface area contributed by atoms with Gasteiger partial charge in [0, 0.05) is 16.6 Å². The number of carbonyl (C=O) groups is 1. The van der Waals surface area contributed by atoms with E-state index in [1.165, 1.54) is 4.68 Å². The summed E-state index contributed by atoms with van der Waals surface area (Å²) >= 11 is 11.8. The molecule has 0 aliphatic carbocycles. The predicted octanol–water partition coefficient (Wildman–Crippen LogP) is 3.50. The Morgan fingerprint density at radius 3 is 2.76 bits per heavy atom. The fourth-order valence-electron chi connectivity index (χ4n) is 1.94. The fraction of sp³-hybridized carbons (Fsp3) is 0.0714. The molecule has 1 N–H and O–H groups in total. The monoisotopic (exact) mass is 320 g/mol. The van der Waals surface area contributed by atoms with Gasteiger partial charge in [-0.3, -0.25) is 0 Å². The van der Waals surface area contributed by atoms with Gasteiger partial charge in [-0.15, -0.1) is 5.10 Å². The summed E-state index contributed by atoms with van der Waals surface area (Å²) in [5.41, 5.74) is 2.07. The van der Waals surface area contributed by atoms with Crippen molar-refractivity contribution < 1.29 is 4.79 Å². The summed E-state index contributed by atoms with van der Waals surface area (Å²) in [6.07, 6.45) is 0. The molecule has 0 spiro atoms. The molecule has 0 bridgehead atoms. The van der Waals surface area contributed by atoms with E-state index in [4.69, 9.17) is 23.2 Å². The number of rotatable bonds is 2. The van der Waals surface area contributed by atoms with Crippen molar-refractivity contribution in [1.82, 2.24) is 20.3 Å². The summed E-state index contributed by atoms with van der Waals surface area (Å²) in [4.78, 5) is 12.2. The van der Waals surface area contributed by atoms with E-state index < -0.39 is 0 Å². The summed E-state index contributed by atoms with van der Waals surface area (Å²) in [6.45, 7) is 0.349. The quantitative estimate of drug-likeness (QED) is 0.786. The molecule has 0 unspecified atom stereocenters. The number of benzene rings is 2. The maximum absolute atomic E-state index is 12.2. The van der Waals surface area contributed by atoms with Crippen molar-refractivity contribution in [3.8, 4) is 0 Å². The molecule has 0 atom stereocenters. The molecule has 106 valence electrons. The van der Waals surface area contributed by atoms with Gasteiger partial charge >= 0.3 is 6.03 Å². The molecule has 3 rings (SSSR count). The van der Waals surface area contributed by atoms with E-state index in [0.717, 1.165) is 5.56 Å². The minimum Gasteiger partial charge on any atom is -0.332 e. The molecule has 1 aromatic heterocycles. The van der Waals surface area contributed by atoms with Gasteiger partial charge in [-0.1, -0.05) is 40.5 Å². The van der Waals surface area contributed by atoms with Crippen molar-refractivity contribution in [2.75, 3.05) is 0 Å². The number of hydrogen-bond acceptors (Lipinski definition) is 3. The summed E-state index contributed by atoms with van der Waals surface area (Å²) in [5, 5.41) is 11.7. The summed E-state index contributed by atoms with van der Waals surface area (Å²) in [7, 11) is 0. The lowest BCUT2D eigenvalue weighted by molar-refractivity contribution is 0.239. The van der Waals surface area contributed by atoms with Crippen LogP contribution in [0.15, 0.2) is 42.5 Å². The van der Waals surface area contributed by atoms with Crippen molar-refractivity contribution in [1.29, 1.82) is 0 Å². The van der Waals surface area contributed by atoms with Crippen molar-refractivity contribution in [3.05, 3.63) is 58.1 Å². The topological polar surface area (TPSA) is 59.8 Å². The van der Waals surface area contributed by atoms with Gasteiger partial charge in [-0.25, -0.2) is 4.79 Å². The molecule has 0 fully saturated rings. The first-order valence-corrected chi connectivity index (χ1v) is 6.93. The van der Waals surface area contributed by atoms with Crippen LogP contribution in [0.2, 0.25) is 10.0 Å². The van der Waals surface area contributed by atoms with Crippen molar-refractivity contribution in [3.63, 3.8) is 0 Å². The normalized spacial score (nSPS) is 10.8. The fourth-order valence-corrected chi connectivity index (χ4v) is 2.32. The van der Waals surface area contributed by atoms with Crippen molar-refractivity contribution in [2.45, 2.75) is 6.54 Å². The van der Waals surface area contributed by atoms with Crippen LogP contribution >= 0.6 is 23.2 Å². The van der Waals surface area contributed by atoms with E-state index in [1.54, 1.807) is 30.3 Å². The Bertz CT molecular complexity index is 816. The molecule has 0 aliphatic heterocycles. The Balaban J connectivity index is 1.79. The second kappa shape index (κ2) is 5.71. The highest BCUT2D eigenvalue weighted by atomic mass is 35.5. The first kappa shape index (κ1) is 13.9. The van der Waals surface area contributed by atoms with Crippen LogP contribution in [0, 0.1) is 0 Å². The molecular weight excluding hydrogens is 311 g/mol. The molecule has 21 heavy (non-hydrogen) atoms. The first-order valence-electron chi connectivity index (χ1n) is 6.17. The van der Waals surface area contributed by atoms with Gasteiger partial charge in [-0.2, -0.15) is 4.68 Å². The van der Waals surface area contributed by atoms with Gasteiger partial charge in [0.1, 0.15) is 11.0 Å². The minimum atomic E-state index is -0.375. The Hall–Kier alpha value is -2.11. The van der Waals surface area contributed by atoms with Crippen LogP contribution in [0.25, 0.3) is 11.0 Å². The standard InChI is InChI=1S/C14H10Cl2N4O/c15-10-3-1-2-9(6-10)8-17-14(21)20-13-7-11(16)4-5-12(13)18-19-20/h1-7H,8H2,(H,17,21). The maximum atomic E-state index is 12.2. The van der Waals surface area contributed by atoms with E-state index >= 15 is 0 Å². The van der Waals surface area contributed by atoms with Gasteiger partial charge in [0.2, 0.25) is 0 Å². The molecule has 3 aromatic rings. The minimum absolute atomic E-state index is 0.349. The van der Waals surface area contributed by atoms with E-state index in [9.17, 15) is 4.79 Å². The Morgan fingerprint density at radius 2 is 1.95 bits per heavy atom. The molecule has 0 radical (unpaired) electrons. The number of amides is 1. The molecule has 0 aliphatic rings. The van der Waals surface area contributed by atoms with Crippen LogP contribution < -0.4 is 5.32 Å². The van der Waals surface area contributed by atoms with Crippen molar-refractivity contribution >= 4 is 40.3 Å². The van der Waals surface area contributed by atoms with E-state index in [0.29, 0.717) is 27.6 Å². The average Bonchev–Trinajstić information content (AvgIpc) is 2.88. The predicted molar refractivity (Wildman–Crippen MR) is 81.6 cm³/mol. The van der Waals surface area contributed by atoms with Gasteiger partial charge < -0.3 is 5.32 Å². The van der Waals surface area contributed by atoms with Crippen LogP contribution in [0.5, 0.6) is 0 Å². The van der Waals surface area contributed by atoms with Crippen LogP contribution in [-0.4, -0.2) is 21.0 Å². The second-order valence-corrected chi connectivity index (χ2v) is 5.30. The first-order chi connectivity index (χ1) is 10.1. The summed E-state index contributed by atoms with van der Waals surface area (Å²) in [6, 6.07) is 12.0. The zero-order chi connectivity index (χ0) is 14.8. The van der Waals surface area contributed by atoms with Gasteiger partial charge in [-0.05, 0) is 35.9 Å². The third-order valence-electron chi connectivity index (χ3n) is 2.93. The number of halogens is 2. The van der Waals surface area contributed by atoms with Gasteiger partial charge in [0.15, 0.2) is 0 Å². The van der Waals surface area contributed by atoms with Crippen LogP contribution in [-0.2, 0) is 6.54 Å². The van der Waals surface area contributed by atoms with Crippen LogP contribution in [0.3, 0.4) is 0 Å². The smallest absolute Gasteiger partial charge is 0.332 e. The van der Waals surface area contributed by atoms with Crippen molar-refractivity contribution in [2.24, 2.45) is 0 Å². The largest absolute Gasteiger partial charge is 0.344 e. The Kier molecular flexibility index (Phi) is 3.77. The highest BCUT2D eigenvalue weighted by Gasteiger charge is 2.11. The maximum Gasteiger partial charge on any atom is 0.344 e. The SMILES string of the molecule is O=C(NCc1cccc(Cl)c1)n1nnc2ccc(Cl)cc21. The average molecular weight is 321 g/mol. The van der Waals surface area contributed by atoms with E-state index in [-0.39, 0.29) is 6.03 Å². The summed E-state index contributed by atoms with van der Waals surface area (Å²) in [5.74, 6) is 0. The molecule has 5 nitrogen and oxygen atoms in total. The number of nitrogens with one attached hydrogen (secondary N) is 1. The molecule has 7 heteroatoms. The lowest BCUT2D eigenvalue weighted by atomic mass is 10.2. The van der Waals surface area contributed by atoms with Crippen LogP contribution in [0.4, 0.5) is 4.79 Å². The van der Waals surface area contributed by atoms with E-state index in [2.05, 4.69) is 15.6 Å². The number of fused-ring (bicyclic) bond motifs is 1. The lowest BCUT2D eigenvalue weighted by Crippen LogP contribution is -2.28. The number of nitrogens with zero attached hydrogens (tertiary/aromatic N) is 3. The molecular formula is C14H10Cl2N4O. The zero-order valence-corrected chi connectivity index (χ0v) is 12.3. The molecule has 0 saturated heterocycles. The molecule has 1 heterocycles. The third kappa shape index (κ3) is 2.99. The number of carbonyl (C=O) groups excluding carboxylic acids is 1. The lowest BCUT2D eigenvalue weighted by Gasteiger charge is -2.05. The van der Waals surface area contributed by atoms with E-state index in [1.807, 2.05) is 12.1 Å². The Labute approximate surface area is 130 Å². The van der Waals surface area contributed by atoms with Crippen LogP contribution in [0.1, 0.15) is 5.56 Å². The highest BCUT2D eigenvalue weighted by Crippen LogP contribution is 2.17. The summed E-state index contributed by atoms with van der Waals surface area (Å²) < 4.78 is 1.19. The molecule has 1 amide bonds. The molecule has 0 saturated carbocycles. The van der Waals surface area contributed by atoms with Gasteiger partial charge in [0.05, 0.1) is 0 Å². The number of hydrogen-bond donors (Lipinski definition) is 1. The zero-order valence-electron chi connectivity index (χ0n) is 10.8. The molecule has 2 aromatic carbocycles. The number of aromatic nitrogens is 3.